The van der Waals surface area contributed by atoms with Gasteiger partial charge in [-0.15, -0.1) is 0 Å². The van der Waals surface area contributed by atoms with Crippen molar-refractivity contribution < 1.29 is 4.79 Å². The van der Waals surface area contributed by atoms with Gasteiger partial charge in [0.1, 0.15) is 0 Å². The molecular weight excluding hydrogens is 226 g/mol. The molecule has 1 rings (SSSR count). The Hall–Kier alpha value is -1.55. The van der Waals surface area contributed by atoms with Gasteiger partial charge in [-0.05, 0) is 32.3 Å². The predicted octanol–water partition coefficient (Wildman–Crippen LogP) is 1.57. The molecule has 1 atom stereocenters. The third-order valence-electron chi connectivity index (χ3n) is 2.87. The molecule has 0 aliphatic heterocycles. The lowest BCUT2D eigenvalue weighted by molar-refractivity contribution is 0.249. The summed E-state index contributed by atoms with van der Waals surface area (Å²) in [7, 11) is 0. The molecular formula is C14H23N3O. The fraction of sp³-hybridized carbons (Fsp3) is 0.500. The van der Waals surface area contributed by atoms with Crippen molar-refractivity contribution >= 4 is 6.03 Å². The topological polar surface area (TPSA) is 67.2 Å². The van der Waals surface area contributed by atoms with E-state index in [2.05, 4.69) is 48.7 Å². The van der Waals surface area contributed by atoms with E-state index in [1.807, 2.05) is 0 Å². The van der Waals surface area contributed by atoms with Crippen molar-refractivity contribution in [1.82, 2.24) is 10.6 Å². The van der Waals surface area contributed by atoms with Gasteiger partial charge in [0.05, 0.1) is 0 Å². The first kappa shape index (κ1) is 14.5. The van der Waals surface area contributed by atoms with Crippen LogP contribution in [-0.2, 0) is 6.42 Å². The third-order valence-corrected chi connectivity index (χ3v) is 2.87. The average Bonchev–Trinajstić information content (AvgIpc) is 2.32. The Morgan fingerprint density at radius 2 is 2.17 bits per heavy atom. The number of aryl methyl sites for hydroxylation is 2. The van der Waals surface area contributed by atoms with Crippen molar-refractivity contribution in [1.29, 1.82) is 0 Å². The summed E-state index contributed by atoms with van der Waals surface area (Å²) in [6.07, 6.45) is 2.15. The number of nitrogens with one attached hydrogen (secondary N) is 2. The number of nitrogens with two attached hydrogens (primary N) is 1. The van der Waals surface area contributed by atoms with Crippen LogP contribution in [0.2, 0.25) is 0 Å². The zero-order valence-electron chi connectivity index (χ0n) is 11.2. The van der Waals surface area contributed by atoms with Gasteiger partial charge >= 0.3 is 6.03 Å². The van der Waals surface area contributed by atoms with Gasteiger partial charge in [-0.25, -0.2) is 4.79 Å². The Morgan fingerprint density at radius 3 is 2.83 bits per heavy atom. The van der Waals surface area contributed by atoms with Crippen LogP contribution in [0.5, 0.6) is 0 Å². The number of rotatable bonds is 7. The molecule has 4 heteroatoms. The maximum absolute atomic E-state index is 10.5. The molecule has 1 aromatic carbocycles. The molecule has 100 valence electrons. The highest BCUT2D eigenvalue weighted by Crippen LogP contribution is 2.07. The Labute approximate surface area is 109 Å². The van der Waals surface area contributed by atoms with E-state index in [4.69, 9.17) is 5.73 Å². The second kappa shape index (κ2) is 7.71. The summed E-state index contributed by atoms with van der Waals surface area (Å²) in [6.45, 7) is 5.59. The fourth-order valence-electron chi connectivity index (χ4n) is 1.86. The zero-order chi connectivity index (χ0) is 13.4. The molecule has 0 heterocycles. The minimum atomic E-state index is -0.468. The Bertz CT molecular complexity index is 379. The molecule has 0 radical (unpaired) electrons. The van der Waals surface area contributed by atoms with Gasteiger partial charge in [0.25, 0.3) is 0 Å². The smallest absolute Gasteiger partial charge is 0.312 e. The van der Waals surface area contributed by atoms with Gasteiger partial charge in [-0.1, -0.05) is 29.8 Å². The van der Waals surface area contributed by atoms with Gasteiger partial charge in [0, 0.05) is 19.1 Å². The number of carbonyl (C=O) groups is 1. The Morgan fingerprint density at radius 1 is 1.39 bits per heavy atom. The van der Waals surface area contributed by atoms with Crippen LogP contribution >= 0.6 is 0 Å². The van der Waals surface area contributed by atoms with Crippen molar-refractivity contribution in [2.75, 3.05) is 13.1 Å². The summed E-state index contributed by atoms with van der Waals surface area (Å²) in [5.41, 5.74) is 7.66. The van der Waals surface area contributed by atoms with E-state index in [0.29, 0.717) is 12.6 Å². The van der Waals surface area contributed by atoms with Gasteiger partial charge in [-0.2, -0.15) is 0 Å². The second-order valence-electron chi connectivity index (χ2n) is 4.67. The predicted molar refractivity (Wildman–Crippen MR) is 74.6 cm³/mol. The van der Waals surface area contributed by atoms with Crippen molar-refractivity contribution in [3.05, 3.63) is 35.4 Å². The summed E-state index contributed by atoms with van der Waals surface area (Å²) in [5.74, 6) is 0. The summed E-state index contributed by atoms with van der Waals surface area (Å²) in [4.78, 5) is 10.5. The highest BCUT2D eigenvalue weighted by atomic mass is 16.2. The molecule has 0 saturated carbocycles. The van der Waals surface area contributed by atoms with E-state index in [0.717, 1.165) is 19.4 Å². The standard InChI is InChI=1S/C14H23N3O/c1-11-4-3-5-13(10-11)7-6-12(2)16-8-9-17-14(15)18/h3-5,10,12,16H,6-9H2,1-2H3,(H3,15,17,18). The van der Waals surface area contributed by atoms with E-state index < -0.39 is 6.03 Å². The van der Waals surface area contributed by atoms with Crippen molar-refractivity contribution in [2.24, 2.45) is 5.73 Å². The second-order valence-corrected chi connectivity index (χ2v) is 4.67. The first-order valence-electron chi connectivity index (χ1n) is 6.40. The molecule has 2 amide bonds. The molecule has 0 bridgehead atoms. The van der Waals surface area contributed by atoms with Crippen LogP contribution in [-0.4, -0.2) is 25.2 Å². The van der Waals surface area contributed by atoms with Crippen LogP contribution < -0.4 is 16.4 Å². The SMILES string of the molecule is Cc1cccc(CCC(C)NCCNC(N)=O)c1. The van der Waals surface area contributed by atoms with E-state index in [-0.39, 0.29) is 0 Å². The van der Waals surface area contributed by atoms with E-state index in [9.17, 15) is 4.79 Å². The summed E-state index contributed by atoms with van der Waals surface area (Å²) in [5, 5.41) is 5.91. The minimum absolute atomic E-state index is 0.431. The number of hydrogen-bond donors (Lipinski definition) is 3. The van der Waals surface area contributed by atoms with E-state index in [1.165, 1.54) is 11.1 Å². The van der Waals surface area contributed by atoms with Gasteiger partial charge in [0.2, 0.25) is 0 Å². The van der Waals surface area contributed by atoms with Gasteiger partial charge in [0.15, 0.2) is 0 Å². The average molecular weight is 249 g/mol. The summed E-state index contributed by atoms with van der Waals surface area (Å²) in [6, 6.07) is 8.56. The van der Waals surface area contributed by atoms with Gasteiger partial charge in [-0.3, -0.25) is 0 Å². The third kappa shape index (κ3) is 6.25. The van der Waals surface area contributed by atoms with Crippen LogP contribution in [0.25, 0.3) is 0 Å². The highest BCUT2D eigenvalue weighted by molar-refractivity contribution is 5.71. The number of primary amides is 1. The maximum Gasteiger partial charge on any atom is 0.312 e. The Kier molecular flexibility index (Phi) is 6.22. The van der Waals surface area contributed by atoms with Crippen molar-refractivity contribution in [3.8, 4) is 0 Å². The van der Waals surface area contributed by atoms with Crippen LogP contribution in [0, 0.1) is 6.92 Å². The quantitative estimate of drug-likeness (QED) is 0.642. The zero-order valence-corrected chi connectivity index (χ0v) is 11.2. The van der Waals surface area contributed by atoms with Crippen LogP contribution in [0.1, 0.15) is 24.5 Å². The largest absolute Gasteiger partial charge is 0.352 e. The molecule has 1 aromatic rings. The van der Waals surface area contributed by atoms with Crippen molar-refractivity contribution in [2.45, 2.75) is 32.7 Å². The molecule has 4 N–H and O–H groups in total. The molecule has 0 aliphatic rings. The molecule has 1 unspecified atom stereocenters. The number of carbonyl (C=O) groups excluding carboxylic acids is 1. The lowest BCUT2D eigenvalue weighted by Crippen LogP contribution is -2.38. The minimum Gasteiger partial charge on any atom is -0.352 e. The molecule has 18 heavy (non-hydrogen) atoms. The molecule has 0 aromatic heterocycles. The van der Waals surface area contributed by atoms with E-state index >= 15 is 0 Å². The van der Waals surface area contributed by atoms with Crippen LogP contribution in [0.3, 0.4) is 0 Å². The lowest BCUT2D eigenvalue weighted by atomic mass is 10.0. The van der Waals surface area contributed by atoms with E-state index in [1.54, 1.807) is 0 Å². The number of urea groups is 1. The molecule has 0 aliphatic carbocycles. The summed E-state index contributed by atoms with van der Waals surface area (Å²) < 4.78 is 0. The van der Waals surface area contributed by atoms with Crippen LogP contribution in [0.4, 0.5) is 4.79 Å². The fourth-order valence-corrected chi connectivity index (χ4v) is 1.86. The highest BCUT2D eigenvalue weighted by Gasteiger charge is 2.02. The number of amides is 2. The molecule has 0 saturated heterocycles. The monoisotopic (exact) mass is 249 g/mol. The number of benzene rings is 1. The molecule has 0 fully saturated rings. The molecule has 4 nitrogen and oxygen atoms in total. The maximum atomic E-state index is 10.5. The molecule has 0 spiro atoms. The summed E-state index contributed by atoms with van der Waals surface area (Å²) >= 11 is 0. The normalized spacial score (nSPS) is 12.1. The Balaban J connectivity index is 2.17. The number of hydrogen-bond acceptors (Lipinski definition) is 2. The van der Waals surface area contributed by atoms with Gasteiger partial charge < -0.3 is 16.4 Å². The first-order chi connectivity index (χ1) is 8.58. The van der Waals surface area contributed by atoms with Crippen LogP contribution in [0.15, 0.2) is 24.3 Å². The first-order valence-corrected chi connectivity index (χ1v) is 6.40. The lowest BCUT2D eigenvalue weighted by Gasteiger charge is -2.14. The van der Waals surface area contributed by atoms with Crippen molar-refractivity contribution in [3.63, 3.8) is 0 Å².